The first-order chi connectivity index (χ1) is 17.7. The molecule has 188 valence electrons. The number of aromatic nitrogens is 9. The van der Waals surface area contributed by atoms with Gasteiger partial charge < -0.3 is 5.32 Å². The summed E-state index contributed by atoms with van der Waals surface area (Å²) in [5.74, 6) is -1.69. The number of alkyl halides is 2. The van der Waals surface area contributed by atoms with E-state index in [1.54, 1.807) is 6.92 Å². The minimum atomic E-state index is -2.84. The molecule has 6 rings (SSSR count). The maximum absolute atomic E-state index is 14.1. The van der Waals surface area contributed by atoms with E-state index in [0.29, 0.717) is 21.6 Å². The van der Waals surface area contributed by atoms with Crippen LogP contribution in [0.5, 0.6) is 0 Å². The molecule has 5 aromatic rings. The number of nitrogens with one attached hydrogen (secondary N) is 1. The fraction of sp³-hybridized carbons (Fsp3) is 0.227. The summed E-state index contributed by atoms with van der Waals surface area (Å²) in [4.78, 5) is 23.2. The van der Waals surface area contributed by atoms with Crippen molar-refractivity contribution in [3.63, 3.8) is 0 Å². The summed E-state index contributed by atoms with van der Waals surface area (Å²) < 4.78 is 42.4. The molecule has 0 saturated heterocycles. The Morgan fingerprint density at radius 1 is 1.19 bits per heavy atom. The Kier molecular flexibility index (Phi) is 5.22. The van der Waals surface area contributed by atoms with Gasteiger partial charge in [-0.3, -0.25) is 4.79 Å². The van der Waals surface area contributed by atoms with Gasteiger partial charge in [-0.2, -0.15) is 28.5 Å². The molecule has 5 heterocycles. The molecule has 5 aromatic heterocycles. The number of hydrogen-bond donors (Lipinski definition) is 1. The largest absolute Gasteiger partial charge is 0.333 e. The number of rotatable bonds is 5. The number of anilines is 1. The molecule has 0 unspecified atom stereocenters. The average Bonchev–Trinajstić information content (AvgIpc) is 3.64. The van der Waals surface area contributed by atoms with Crippen molar-refractivity contribution in [1.29, 1.82) is 0 Å². The molecule has 2 atom stereocenters. The van der Waals surface area contributed by atoms with Crippen molar-refractivity contribution in [1.82, 2.24) is 44.4 Å². The fourth-order valence-corrected chi connectivity index (χ4v) is 4.98. The maximum Gasteiger partial charge on any atom is 0.333 e. The van der Waals surface area contributed by atoms with Gasteiger partial charge in [0.05, 0.1) is 52.0 Å². The van der Waals surface area contributed by atoms with Gasteiger partial charge in [-0.1, -0.05) is 11.6 Å². The van der Waals surface area contributed by atoms with Gasteiger partial charge in [0.15, 0.2) is 11.5 Å². The minimum Gasteiger partial charge on any atom is -0.324 e. The smallest absolute Gasteiger partial charge is 0.324 e. The number of pyridine rings is 1. The topological polar surface area (TPSA) is 121 Å². The van der Waals surface area contributed by atoms with E-state index < -0.39 is 29.7 Å². The molecule has 0 radical (unpaired) electrons. The van der Waals surface area contributed by atoms with E-state index in [2.05, 4.69) is 35.7 Å². The number of nitrogens with zero attached hydrogens (tertiary/aromatic N) is 9. The second kappa shape index (κ2) is 8.37. The highest BCUT2D eigenvalue weighted by molar-refractivity contribution is 6.32. The first-order valence-electron chi connectivity index (χ1n) is 11.0. The molecule has 0 spiro atoms. The van der Waals surface area contributed by atoms with Crippen molar-refractivity contribution >= 4 is 28.8 Å². The lowest BCUT2D eigenvalue weighted by atomic mass is 9.82. The SMILES string of the molecule is C[C@@]1(c2ccn(C(F)F)n2)C[C@@H](C(=O)Nc2cnc(-n3nccn3)c(Cl)c2)c2cnc3cc(F)nn3c21. The summed E-state index contributed by atoms with van der Waals surface area (Å²) in [6, 6.07) is 4.11. The Morgan fingerprint density at radius 2 is 1.97 bits per heavy atom. The Balaban J connectivity index is 1.38. The monoisotopic (exact) mass is 528 g/mol. The van der Waals surface area contributed by atoms with Crippen LogP contribution in [0.15, 0.2) is 49.2 Å². The van der Waals surface area contributed by atoms with Crippen molar-refractivity contribution in [2.75, 3.05) is 5.32 Å². The van der Waals surface area contributed by atoms with E-state index in [1.165, 1.54) is 46.2 Å². The van der Waals surface area contributed by atoms with Gasteiger partial charge in [0.25, 0.3) is 0 Å². The maximum atomic E-state index is 14.1. The van der Waals surface area contributed by atoms with Crippen LogP contribution < -0.4 is 5.32 Å². The van der Waals surface area contributed by atoms with E-state index in [-0.39, 0.29) is 28.6 Å². The third-order valence-electron chi connectivity index (χ3n) is 6.38. The Labute approximate surface area is 210 Å². The van der Waals surface area contributed by atoms with Crippen molar-refractivity contribution < 1.29 is 18.0 Å². The molecular formula is C22H16ClF3N10O. The van der Waals surface area contributed by atoms with E-state index in [9.17, 15) is 18.0 Å². The summed E-state index contributed by atoms with van der Waals surface area (Å²) >= 11 is 6.32. The third-order valence-corrected chi connectivity index (χ3v) is 6.66. The van der Waals surface area contributed by atoms with Crippen LogP contribution in [0, 0.1) is 5.95 Å². The summed E-state index contributed by atoms with van der Waals surface area (Å²) in [6.07, 6.45) is 7.14. The van der Waals surface area contributed by atoms with Gasteiger partial charge in [-0.15, -0.1) is 9.90 Å². The van der Waals surface area contributed by atoms with Gasteiger partial charge in [-0.05, 0) is 25.5 Å². The Bertz CT molecular complexity index is 1650. The van der Waals surface area contributed by atoms with E-state index in [4.69, 9.17) is 11.6 Å². The van der Waals surface area contributed by atoms with Crippen LogP contribution in [-0.2, 0) is 10.2 Å². The van der Waals surface area contributed by atoms with Crippen LogP contribution in [0.3, 0.4) is 0 Å². The first-order valence-corrected chi connectivity index (χ1v) is 11.3. The standard InChI is InChI=1S/C22H16ClF3N10O/c1-22(15-2-5-34(32-15)21(25)26)8-12(13-10-27-17-7-16(24)33-35(17)18(13)22)20(37)31-11-6-14(23)19(28-9-11)36-29-3-4-30-36/h2-7,9-10,12,21H,8H2,1H3,(H,31,37)/t12-,22+/m1/s1. The highest BCUT2D eigenvalue weighted by atomic mass is 35.5. The Morgan fingerprint density at radius 3 is 2.68 bits per heavy atom. The first kappa shape index (κ1) is 23.1. The zero-order valence-corrected chi connectivity index (χ0v) is 19.7. The molecule has 0 saturated carbocycles. The van der Waals surface area contributed by atoms with Gasteiger partial charge >= 0.3 is 6.55 Å². The number of fused-ring (bicyclic) bond motifs is 3. The summed E-state index contributed by atoms with van der Waals surface area (Å²) in [5, 5.41) is 18.9. The highest BCUT2D eigenvalue weighted by Gasteiger charge is 2.48. The van der Waals surface area contributed by atoms with Crippen molar-refractivity contribution in [3.05, 3.63) is 77.1 Å². The number of amides is 1. The number of hydrogen-bond acceptors (Lipinski definition) is 7. The van der Waals surface area contributed by atoms with E-state index in [0.717, 1.165) is 12.3 Å². The predicted octanol–water partition coefficient (Wildman–Crippen LogP) is 3.52. The van der Waals surface area contributed by atoms with Crippen LogP contribution in [-0.4, -0.2) is 50.3 Å². The van der Waals surface area contributed by atoms with Crippen LogP contribution in [0.2, 0.25) is 5.02 Å². The molecule has 1 aliphatic rings. The molecule has 0 fully saturated rings. The van der Waals surface area contributed by atoms with Crippen LogP contribution in [0.1, 0.15) is 42.8 Å². The number of halogens is 4. The quantitative estimate of drug-likeness (QED) is 0.370. The molecule has 15 heteroatoms. The summed E-state index contributed by atoms with van der Waals surface area (Å²) in [6.45, 7) is -1.09. The average molecular weight is 529 g/mol. The molecule has 1 amide bonds. The van der Waals surface area contributed by atoms with Crippen molar-refractivity contribution in [3.8, 4) is 5.82 Å². The normalized spacial score (nSPS) is 19.0. The second-order valence-electron chi connectivity index (χ2n) is 8.68. The third kappa shape index (κ3) is 3.71. The summed E-state index contributed by atoms with van der Waals surface area (Å²) in [7, 11) is 0. The van der Waals surface area contributed by atoms with E-state index >= 15 is 0 Å². The van der Waals surface area contributed by atoms with Gasteiger partial charge in [0.2, 0.25) is 11.9 Å². The second-order valence-corrected chi connectivity index (χ2v) is 9.09. The van der Waals surface area contributed by atoms with Crippen LogP contribution in [0.25, 0.3) is 11.5 Å². The van der Waals surface area contributed by atoms with E-state index in [1.807, 2.05) is 0 Å². The predicted molar refractivity (Wildman–Crippen MR) is 123 cm³/mol. The lowest BCUT2D eigenvalue weighted by Crippen LogP contribution is -2.26. The molecular weight excluding hydrogens is 513 g/mol. The zero-order chi connectivity index (χ0) is 25.9. The molecule has 1 aliphatic carbocycles. The molecule has 11 nitrogen and oxygen atoms in total. The highest BCUT2D eigenvalue weighted by Crippen LogP contribution is 2.49. The molecule has 1 N–H and O–H groups in total. The minimum absolute atomic E-state index is 0.146. The number of carbonyl (C=O) groups is 1. The lowest BCUT2D eigenvalue weighted by Gasteiger charge is -2.23. The molecule has 37 heavy (non-hydrogen) atoms. The number of carbonyl (C=O) groups excluding carboxylic acids is 1. The lowest BCUT2D eigenvalue weighted by molar-refractivity contribution is -0.117. The van der Waals surface area contributed by atoms with Crippen molar-refractivity contribution in [2.45, 2.75) is 31.2 Å². The van der Waals surface area contributed by atoms with Crippen LogP contribution in [0.4, 0.5) is 18.9 Å². The van der Waals surface area contributed by atoms with Gasteiger partial charge in [0, 0.05) is 24.0 Å². The Hall–Kier alpha value is -4.33. The zero-order valence-electron chi connectivity index (χ0n) is 18.9. The van der Waals surface area contributed by atoms with Gasteiger partial charge in [-0.25, -0.2) is 19.2 Å². The molecule has 0 bridgehead atoms. The summed E-state index contributed by atoms with van der Waals surface area (Å²) in [5.41, 5.74) is 0.685. The fourth-order valence-electron chi connectivity index (χ4n) is 4.74. The molecule has 0 aliphatic heterocycles. The van der Waals surface area contributed by atoms with Crippen LogP contribution >= 0.6 is 11.6 Å². The van der Waals surface area contributed by atoms with Crippen molar-refractivity contribution in [2.24, 2.45) is 0 Å². The molecule has 0 aromatic carbocycles. The van der Waals surface area contributed by atoms with Gasteiger partial charge in [0.1, 0.15) is 0 Å².